The van der Waals surface area contributed by atoms with Crippen molar-refractivity contribution in [1.82, 2.24) is 0 Å². The van der Waals surface area contributed by atoms with Crippen LogP contribution in [0.5, 0.6) is 0 Å². The smallest absolute Gasteiger partial charge is 0.228 e. The number of amides is 1. The standard InChI is InChI=1S/C11H14F2N2OS/c1-6(5-17-2)11(16)15-10-8(13)3-7(12)4-9(10)14/h3-4,6H,5,14H2,1-2H3,(H,15,16). The molecular weight excluding hydrogens is 246 g/mol. The largest absolute Gasteiger partial charge is 0.397 e. The van der Waals surface area contributed by atoms with Crippen LogP contribution in [0.3, 0.4) is 0 Å². The summed E-state index contributed by atoms with van der Waals surface area (Å²) in [7, 11) is 0. The van der Waals surface area contributed by atoms with Crippen LogP contribution in [-0.2, 0) is 4.79 Å². The van der Waals surface area contributed by atoms with Crippen LogP contribution in [0, 0.1) is 17.6 Å². The van der Waals surface area contributed by atoms with Gasteiger partial charge in [-0.15, -0.1) is 0 Å². The Balaban J connectivity index is 2.85. The first kappa shape index (κ1) is 13.8. The highest BCUT2D eigenvalue weighted by molar-refractivity contribution is 7.98. The molecule has 0 saturated carbocycles. The Bertz CT molecular complexity index is 403. The lowest BCUT2D eigenvalue weighted by molar-refractivity contribution is -0.118. The van der Waals surface area contributed by atoms with Crippen molar-refractivity contribution in [2.75, 3.05) is 23.1 Å². The van der Waals surface area contributed by atoms with E-state index in [0.717, 1.165) is 6.07 Å². The van der Waals surface area contributed by atoms with Gasteiger partial charge in [0.05, 0.1) is 5.69 Å². The highest BCUT2D eigenvalue weighted by Crippen LogP contribution is 2.24. The Kier molecular flexibility index (Phi) is 4.74. The minimum atomic E-state index is -0.868. The van der Waals surface area contributed by atoms with Gasteiger partial charge in [-0.05, 0) is 12.3 Å². The molecule has 1 atom stereocenters. The minimum Gasteiger partial charge on any atom is -0.397 e. The Morgan fingerprint density at radius 3 is 2.71 bits per heavy atom. The van der Waals surface area contributed by atoms with E-state index in [9.17, 15) is 13.6 Å². The van der Waals surface area contributed by atoms with Crippen LogP contribution in [0.2, 0.25) is 0 Å². The molecule has 3 nitrogen and oxygen atoms in total. The molecule has 1 aromatic carbocycles. The molecule has 1 rings (SSSR count). The van der Waals surface area contributed by atoms with Gasteiger partial charge < -0.3 is 11.1 Å². The van der Waals surface area contributed by atoms with Crippen molar-refractivity contribution in [1.29, 1.82) is 0 Å². The van der Waals surface area contributed by atoms with E-state index in [0.29, 0.717) is 11.8 Å². The number of nitrogens with one attached hydrogen (secondary N) is 1. The quantitative estimate of drug-likeness (QED) is 0.818. The summed E-state index contributed by atoms with van der Waals surface area (Å²) in [6, 6.07) is 1.66. The number of anilines is 2. The average molecular weight is 260 g/mol. The number of rotatable bonds is 4. The van der Waals surface area contributed by atoms with E-state index in [-0.39, 0.29) is 23.2 Å². The maximum Gasteiger partial charge on any atom is 0.228 e. The third-order valence-corrected chi connectivity index (χ3v) is 3.03. The molecule has 0 bridgehead atoms. The van der Waals surface area contributed by atoms with Gasteiger partial charge in [0.25, 0.3) is 0 Å². The van der Waals surface area contributed by atoms with Gasteiger partial charge in [0.1, 0.15) is 11.5 Å². The van der Waals surface area contributed by atoms with Crippen molar-refractivity contribution in [3.63, 3.8) is 0 Å². The van der Waals surface area contributed by atoms with E-state index in [1.54, 1.807) is 6.92 Å². The number of thioether (sulfide) groups is 1. The second-order valence-electron chi connectivity index (χ2n) is 3.70. The van der Waals surface area contributed by atoms with Crippen LogP contribution in [0.25, 0.3) is 0 Å². The summed E-state index contributed by atoms with van der Waals surface area (Å²) in [6.07, 6.45) is 1.87. The highest BCUT2D eigenvalue weighted by Gasteiger charge is 2.16. The van der Waals surface area contributed by atoms with Crippen molar-refractivity contribution in [3.8, 4) is 0 Å². The number of halogens is 2. The predicted molar refractivity (Wildman–Crippen MR) is 66.9 cm³/mol. The molecule has 0 saturated heterocycles. The summed E-state index contributed by atoms with van der Waals surface area (Å²) in [6.45, 7) is 1.73. The zero-order chi connectivity index (χ0) is 13.0. The fourth-order valence-corrected chi connectivity index (χ4v) is 1.95. The second-order valence-corrected chi connectivity index (χ2v) is 4.61. The average Bonchev–Trinajstić information content (AvgIpc) is 2.23. The summed E-state index contributed by atoms with van der Waals surface area (Å²) < 4.78 is 26.2. The first-order valence-corrected chi connectivity index (χ1v) is 6.39. The van der Waals surface area contributed by atoms with Gasteiger partial charge in [-0.2, -0.15) is 11.8 Å². The molecule has 1 amide bonds. The molecule has 0 spiro atoms. The van der Waals surface area contributed by atoms with Gasteiger partial charge in [0.15, 0.2) is 5.82 Å². The van der Waals surface area contributed by atoms with Gasteiger partial charge in [-0.25, -0.2) is 8.78 Å². The van der Waals surface area contributed by atoms with Crippen molar-refractivity contribution in [2.24, 2.45) is 5.92 Å². The van der Waals surface area contributed by atoms with Crippen molar-refractivity contribution in [2.45, 2.75) is 6.92 Å². The fourth-order valence-electron chi connectivity index (χ4n) is 1.30. The van der Waals surface area contributed by atoms with Gasteiger partial charge in [0.2, 0.25) is 5.91 Å². The predicted octanol–water partition coefficient (Wildman–Crippen LogP) is 2.48. The van der Waals surface area contributed by atoms with E-state index >= 15 is 0 Å². The van der Waals surface area contributed by atoms with E-state index in [4.69, 9.17) is 5.73 Å². The maximum absolute atomic E-state index is 13.4. The molecule has 3 N–H and O–H groups in total. The van der Waals surface area contributed by atoms with Gasteiger partial charge in [-0.1, -0.05) is 6.92 Å². The molecule has 0 aromatic heterocycles. The Morgan fingerprint density at radius 2 is 2.18 bits per heavy atom. The molecule has 1 aromatic rings. The molecule has 0 heterocycles. The number of benzene rings is 1. The number of hydrogen-bond donors (Lipinski definition) is 2. The second kappa shape index (κ2) is 5.86. The minimum absolute atomic E-state index is 0.118. The van der Waals surface area contributed by atoms with Gasteiger partial charge >= 0.3 is 0 Å². The molecule has 0 fully saturated rings. The van der Waals surface area contributed by atoms with Crippen molar-refractivity contribution < 1.29 is 13.6 Å². The van der Waals surface area contributed by atoms with Gasteiger partial charge in [0, 0.05) is 17.7 Å². The monoisotopic (exact) mass is 260 g/mol. The molecule has 17 heavy (non-hydrogen) atoms. The molecular formula is C11H14F2N2OS. The van der Waals surface area contributed by atoms with Gasteiger partial charge in [-0.3, -0.25) is 4.79 Å². The van der Waals surface area contributed by atoms with Crippen LogP contribution in [0.15, 0.2) is 12.1 Å². The van der Waals surface area contributed by atoms with Crippen LogP contribution in [0.4, 0.5) is 20.2 Å². The molecule has 0 radical (unpaired) electrons. The normalized spacial score (nSPS) is 12.2. The molecule has 0 aliphatic carbocycles. The first-order valence-electron chi connectivity index (χ1n) is 5.00. The van der Waals surface area contributed by atoms with E-state index in [1.807, 2.05) is 6.26 Å². The molecule has 0 aliphatic rings. The van der Waals surface area contributed by atoms with Crippen LogP contribution < -0.4 is 11.1 Å². The van der Waals surface area contributed by atoms with Crippen molar-refractivity contribution >= 4 is 29.0 Å². The Labute approximate surface area is 103 Å². The number of carbonyl (C=O) groups excluding carboxylic acids is 1. The lowest BCUT2D eigenvalue weighted by Gasteiger charge is -2.13. The highest BCUT2D eigenvalue weighted by atomic mass is 32.2. The molecule has 94 valence electrons. The van der Waals surface area contributed by atoms with E-state index in [1.165, 1.54) is 11.8 Å². The Hall–Kier alpha value is -1.30. The lowest BCUT2D eigenvalue weighted by atomic mass is 10.2. The Morgan fingerprint density at radius 1 is 1.53 bits per heavy atom. The lowest BCUT2D eigenvalue weighted by Crippen LogP contribution is -2.23. The summed E-state index contributed by atoms with van der Waals surface area (Å²) in [5, 5.41) is 2.37. The summed E-state index contributed by atoms with van der Waals surface area (Å²) >= 11 is 1.51. The summed E-state index contributed by atoms with van der Waals surface area (Å²) in [5.74, 6) is -1.62. The third kappa shape index (κ3) is 3.59. The zero-order valence-corrected chi connectivity index (χ0v) is 10.4. The molecule has 0 aliphatic heterocycles. The van der Waals surface area contributed by atoms with E-state index < -0.39 is 11.6 Å². The van der Waals surface area contributed by atoms with Crippen LogP contribution >= 0.6 is 11.8 Å². The van der Waals surface area contributed by atoms with Crippen LogP contribution in [-0.4, -0.2) is 17.9 Å². The van der Waals surface area contributed by atoms with Crippen molar-refractivity contribution in [3.05, 3.63) is 23.8 Å². The number of nitrogen functional groups attached to an aromatic ring is 1. The third-order valence-electron chi connectivity index (χ3n) is 2.20. The number of hydrogen-bond acceptors (Lipinski definition) is 3. The number of carbonyl (C=O) groups is 1. The topological polar surface area (TPSA) is 55.1 Å². The maximum atomic E-state index is 13.4. The summed E-state index contributed by atoms with van der Waals surface area (Å²) in [4.78, 5) is 11.7. The summed E-state index contributed by atoms with van der Waals surface area (Å²) in [5.41, 5.74) is 5.16. The first-order chi connectivity index (χ1) is 7.95. The fraction of sp³-hybridized carbons (Fsp3) is 0.364. The zero-order valence-electron chi connectivity index (χ0n) is 9.59. The SMILES string of the molecule is CSCC(C)C(=O)Nc1c(N)cc(F)cc1F. The van der Waals surface area contributed by atoms with E-state index in [2.05, 4.69) is 5.32 Å². The number of nitrogens with two attached hydrogens (primary N) is 1. The molecule has 6 heteroatoms. The van der Waals surface area contributed by atoms with Crippen LogP contribution in [0.1, 0.15) is 6.92 Å². The molecule has 1 unspecified atom stereocenters.